The number of fused-ring (bicyclic) bond motifs is 1. The van der Waals surface area contributed by atoms with Crippen molar-refractivity contribution in [1.29, 1.82) is 0 Å². The number of nitrogens with zero attached hydrogens (tertiary/aromatic N) is 1. The molecular weight excluding hydrogens is 345 g/mol. The Morgan fingerprint density at radius 1 is 1.22 bits per heavy atom. The Bertz CT molecular complexity index is 487. The minimum absolute atomic E-state index is 0.208. The Kier molecular flexibility index (Phi) is 4.34. The van der Waals surface area contributed by atoms with Crippen LogP contribution in [0.3, 0.4) is 0 Å². The average molecular weight is 359 g/mol. The number of hydrogen-bond donors (Lipinski definition) is 0. The Morgan fingerprint density at radius 2 is 2.00 bits per heavy atom. The van der Waals surface area contributed by atoms with E-state index in [9.17, 15) is 9.59 Å². The van der Waals surface area contributed by atoms with E-state index >= 15 is 0 Å². The number of carbonyl (C=O) groups excluding carboxylic acids is 2. The second kappa shape index (κ2) is 5.79. The minimum Gasteiger partial charge on any atom is -0.380 e. The van der Waals surface area contributed by atoms with Crippen LogP contribution in [0.1, 0.15) is 34.1 Å². The van der Waals surface area contributed by atoms with E-state index in [1.165, 1.54) is 4.90 Å². The third-order valence-electron chi connectivity index (χ3n) is 2.76. The molecule has 0 N–H and O–H groups in total. The van der Waals surface area contributed by atoms with Crippen LogP contribution in [0.15, 0.2) is 18.2 Å². The molecule has 2 amide bonds. The molecule has 1 aliphatic rings. The number of carbonyl (C=O) groups is 2. The predicted octanol–water partition coefficient (Wildman–Crippen LogP) is 2.31. The predicted molar refractivity (Wildman–Crippen MR) is 75.6 cm³/mol. The summed E-state index contributed by atoms with van der Waals surface area (Å²) in [6.45, 7) is 3.39. The van der Waals surface area contributed by atoms with Gasteiger partial charge in [-0.15, -0.1) is 0 Å². The van der Waals surface area contributed by atoms with Crippen molar-refractivity contribution >= 4 is 34.4 Å². The third-order valence-corrected chi connectivity index (χ3v) is 3.65. The Hall–Kier alpha value is -0.950. The first-order valence-corrected chi connectivity index (χ1v) is 6.97. The molecule has 0 atom stereocenters. The fraction of sp³-hybridized carbons (Fsp3) is 0.385. The first kappa shape index (κ1) is 13.5. The summed E-state index contributed by atoms with van der Waals surface area (Å²) in [5.41, 5.74) is 1.03. The Balaban J connectivity index is 2.11. The molecule has 0 unspecified atom stereocenters. The zero-order valence-electron chi connectivity index (χ0n) is 10.1. The second-order valence-corrected chi connectivity index (χ2v) is 5.20. The summed E-state index contributed by atoms with van der Waals surface area (Å²) in [7, 11) is 0. The SMILES string of the molecule is CCCOCCN1C(=O)c2cccc(I)c2C1=O. The van der Waals surface area contributed by atoms with Crippen molar-refractivity contribution in [2.24, 2.45) is 0 Å². The molecular formula is C13H14INO3. The molecule has 5 heteroatoms. The Morgan fingerprint density at radius 3 is 2.67 bits per heavy atom. The summed E-state index contributed by atoms with van der Waals surface area (Å²) in [5, 5.41) is 0. The number of rotatable bonds is 5. The summed E-state index contributed by atoms with van der Waals surface area (Å²) in [5.74, 6) is -0.422. The van der Waals surface area contributed by atoms with Gasteiger partial charge in [0.25, 0.3) is 11.8 Å². The van der Waals surface area contributed by atoms with E-state index in [0.29, 0.717) is 30.9 Å². The maximum absolute atomic E-state index is 12.1. The van der Waals surface area contributed by atoms with Crippen LogP contribution in [-0.2, 0) is 4.74 Å². The summed E-state index contributed by atoms with van der Waals surface area (Å²) >= 11 is 2.08. The fourth-order valence-electron chi connectivity index (χ4n) is 1.90. The van der Waals surface area contributed by atoms with Crippen molar-refractivity contribution in [1.82, 2.24) is 4.90 Å². The molecule has 2 rings (SSSR count). The van der Waals surface area contributed by atoms with E-state index in [4.69, 9.17) is 4.74 Å². The van der Waals surface area contributed by atoms with Gasteiger partial charge in [0.05, 0.1) is 24.3 Å². The normalized spacial score (nSPS) is 14.2. The van der Waals surface area contributed by atoms with E-state index in [0.717, 1.165) is 9.99 Å². The number of hydrogen-bond acceptors (Lipinski definition) is 3. The largest absolute Gasteiger partial charge is 0.380 e. The van der Waals surface area contributed by atoms with Crippen molar-refractivity contribution < 1.29 is 14.3 Å². The summed E-state index contributed by atoms with van der Waals surface area (Å²) in [6.07, 6.45) is 0.931. The number of imide groups is 1. The van der Waals surface area contributed by atoms with E-state index in [-0.39, 0.29) is 11.8 Å². The van der Waals surface area contributed by atoms with Gasteiger partial charge in [-0.2, -0.15) is 0 Å². The van der Waals surface area contributed by atoms with Crippen LogP contribution in [0.25, 0.3) is 0 Å². The molecule has 18 heavy (non-hydrogen) atoms. The van der Waals surface area contributed by atoms with Crippen molar-refractivity contribution in [3.63, 3.8) is 0 Å². The quantitative estimate of drug-likeness (QED) is 0.461. The maximum atomic E-state index is 12.1. The van der Waals surface area contributed by atoms with Crippen molar-refractivity contribution in [3.05, 3.63) is 32.9 Å². The zero-order valence-corrected chi connectivity index (χ0v) is 12.3. The molecule has 0 spiro atoms. The summed E-state index contributed by atoms with van der Waals surface area (Å²) in [6, 6.07) is 5.33. The number of halogens is 1. The number of benzene rings is 1. The van der Waals surface area contributed by atoms with Crippen LogP contribution in [0.5, 0.6) is 0 Å². The molecule has 0 radical (unpaired) electrons. The van der Waals surface area contributed by atoms with Crippen molar-refractivity contribution in [2.45, 2.75) is 13.3 Å². The zero-order chi connectivity index (χ0) is 13.1. The molecule has 1 heterocycles. The number of amides is 2. The highest BCUT2D eigenvalue weighted by Crippen LogP contribution is 2.26. The molecule has 0 aromatic heterocycles. The van der Waals surface area contributed by atoms with Gasteiger partial charge in [0.2, 0.25) is 0 Å². The number of ether oxygens (including phenoxy) is 1. The minimum atomic E-state index is -0.214. The molecule has 1 aromatic rings. The third kappa shape index (κ3) is 2.42. The summed E-state index contributed by atoms with van der Waals surface area (Å²) < 4.78 is 6.14. The molecule has 0 bridgehead atoms. The highest BCUT2D eigenvalue weighted by molar-refractivity contribution is 14.1. The van der Waals surface area contributed by atoms with Gasteiger partial charge in [0, 0.05) is 10.2 Å². The van der Waals surface area contributed by atoms with Gasteiger partial charge in [0.1, 0.15) is 0 Å². The van der Waals surface area contributed by atoms with E-state index < -0.39 is 0 Å². The fourth-order valence-corrected chi connectivity index (χ4v) is 2.63. The topological polar surface area (TPSA) is 46.6 Å². The molecule has 0 saturated carbocycles. The molecule has 0 fully saturated rings. The van der Waals surface area contributed by atoms with Gasteiger partial charge in [-0.1, -0.05) is 13.0 Å². The molecule has 0 aliphatic carbocycles. The smallest absolute Gasteiger partial charge is 0.262 e. The van der Waals surface area contributed by atoms with Gasteiger partial charge in [-0.05, 0) is 41.1 Å². The van der Waals surface area contributed by atoms with E-state index in [1.807, 2.05) is 13.0 Å². The standard InChI is InChI=1S/C13H14INO3/c1-2-7-18-8-6-15-12(16)9-4-3-5-10(14)11(9)13(15)17/h3-5H,2,6-8H2,1H3. The lowest BCUT2D eigenvalue weighted by Crippen LogP contribution is -2.33. The van der Waals surface area contributed by atoms with Crippen LogP contribution in [-0.4, -0.2) is 36.5 Å². The highest BCUT2D eigenvalue weighted by atomic mass is 127. The first-order chi connectivity index (χ1) is 8.66. The first-order valence-electron chi connectivity index (χ1n) is 5.89. The van der Waals surface area contributed by atoms with Crippen LogP contribution in [0.2, 0.25) is 0 Å². The van der Waals surface area contributed by atoms with Crippen LogP contribution < -0.4 is 0 Å². The Labute approximate surface area is 119 Å². The average Bonchev–Trinajstić information content (AvgIpc) is 2.60. The molecule has 96 valence electrons. The van der Waals surface area contributed by atoms with Crippen LogP contribution in [0, 0.1) is 3.57 Å². The monoisotopic (exact) mass is 359 g/mol. The van der Waals surface area contributed by atoms with Crippen LogP contribution >= 0.6 is 22.6 Å². The lowest BCUT2D eigenvalue weighted by atomic mass is 10.1. The molecule has 0 saturated heterocycles. The lowest BCUT2D eigenvalue weighted by Gasteiger charge is -2.13. The van der Waals surface area contributed by atoms with E-state index in [1.54, 1.807) is 12.1 Å². The van der Waals surface area contributed by atoms with Gasteiger partial charge >= 0.3 is 0 Å². The van der Waals surface area contributed by atoms with Gasteiger partial charge in [-0.25, -0.2) is 0 Å². The molecule has 1 aromatic carbocycles. The lowest BCUT2D eigenvalue weighted by molar-refractivity contribution is 0.0564. The van der Waals surface area contributed by atoms with E-state index in [2.05, 4.69) is 22.6 Å². The van der Waals surface area contributed by atoms with Gasteiger partial charge in [-0.3, -0.25) is 14.5 Å². The van der Waals surface area contributed by atoms with Crippen molar-refractivity contribution in [3.8, 4) is 0 Å². The van der Waals surface area contributed by atoms with Crippen LogP contribution in [0.4, 0.5) is 0 Å². The van der Waals surface area contributed by atoms with Gasteiger partial charge < -0.3 is 4.74 Å². The maximum Gasteiger partial charge on any atom is 0.262 e. The van der Waals surface area contributed by atoms with Crippen molar-refractivity contribution in [2.75, 3.05) is 19.8 Å². The van der Waals surface area contributed by atoms with Gasteiger partial charge in [0.15, 0.2) is 0 Å². The summed E-state index contributed by atoms with van der Waals surface area (Å²) in [4.78, 5) is 25.5. The molecule has 1 aliphatic heterocycles. The highest BCUT2D eigenvalue weighted by Gasteiger charge is 2.36. The molecule has 4 nitrogen and oxygen atoms in total. The second-order valence-electron chi connectivity index (χ2n) is 4.04.